The first-order valence-corrected chi connectivity index (χ1v) is 4.98. The van der Waals surface area contributed by atoms with Gasteiger partial charge in [0.05, 0.1) is 6.10 Å². The average Bonchev–Trinajstić information content (AvgIpc) is 2.17. The third-order valence-corrected chi connectivity index (χ3v) is 2.13. The molecule has 1 aromatic carbocycles. The first-order chi connectivity index (χ1) is 6.33. The van der Waals surface area contributed by atoms with Crippen LogP contribution in [0.25, 0.3) is 0 Å². The predicted octanol–water partition coefficient (Wildman–Crippen LogP) is 3.04. The van der Waals surface area contributed by atoms with Crippen molar-refractivity contribution in [2.45, 2.75) is 32.8 Å². The minimum Gasteiger partial charge on any atom is -0.379 e. The summed E-state index contributed by atoms with van der Waals surface area (Å²) in [6.07, 6.45) is 2.60. The fourth-order valence-electron chi connectivity index (χ4n) is 1.38. The Bertz CT molecular complexity index is 218. The summed E-state index contributed by atoms with van der Waals surface area (Å²) >= 11 is 0. The molecule has 1 nitrogen and oxygen atoms in total. The van der Waals surface area contributed by atoms with Crippen molar-refractivity contribution in [3.63, 3.8) is 0 Å². The van der Waals surface area contributed by atoms with E-state index < -0.39 is 0 Å². The van der Waals surface area contributed by atoms with Gasteiger partial charge in [-0.3, -0.25) is 0 Å². The Balaban J connectivity index is 2.27. The molecule has 0 spiro atoms. The van der Waals surface area contributed by atoms with E-state index in [4.69, 9.17) is 4.74 Å². The number of hydrogen-bond acceptors (Lipinski definition) is 1. The van der Waals surface area contributed by atoms with Gasteiger partial charge in [0.15, 0.2) is 0 Å². The van der Waals surface area contributed by atoms with Gasteiger partial charge < -0.3 is 4.74 Å². The van der Waals surface area contributed by atoms with Crippen molar-refractivity contribution in [1.82, 2.24) is 0 Å². The van der Waals surface area contributed by atoms with E-state index in [2.05, 4.69) is 37.3 Å². The molecular weight excluding hydrogens is 160 g/mol. The Kier molecular flexibility index (Phi) is 4.55. The minimum atomic E-state index is 0.380. The lowest BCUT2D eigenvalue weighted by molar-refractivity contribution is 0.0706. The van der Waals surface area contributed by atoms with Gasteiger partial charge in [0, 0.05) is 6.61 Å². The van der Waals surface area contributed by atoms with Crippen molar-refractivity contribution in [1.29, 1.82) is 0 Å². The molecule has 0 aliphatic rings. The molecule has 0 amide bonds. The van der Waals surface area contributed by atoms with Crippen LogP contribution >= 0.6 is 0 Å². The van der Waals surface area contributed by atoms with Crippen LogP contribution in [0.2, 0.25) is 0 Å². The van der Waals surface area contributed by atoms with E-state index in [1.807, 2.05) is 6.92 Å². The molecule has 0 N–H and O–H groups in total. The highest BCUT2D eigenvalue weighted by Crippen LogP contribution is 2.06. The van der Waals surface area contributed by atoms with Gasteiger partial charge in [0.25, 0.3) is 0 Å². The van der Waals surface area contributed by atoms with Crippen molar-refractivity contribution >= 4 is 0 Å². The third-order valence-electron chi connectivity index (χ3n) is 2.13. The van der Waals surface area contributed by atoms with Gasteiger partial charge in [-0.05, 0) is 32.3 Å². The van der Waals surface area contributed by atoms with Crippen LogP contribution < -0.4 is 0 Å². The monoisotopic (exact) mass is 178 g/mol. The van der Waals surface area contributed by atoms with E-state index in [0.29, 0.717) is 6.10 Å². The summed E-state index contributed by atoms with van der Waals surface area (Å²) in [5.41, 5.74) is 1.40. The van der Waals surface area contributed by atoms with Gasteiger partial charge in [-0.1, -0.05) is 30.3 Å². The Morgan fingerprint density at radius 3 is 2.54 bits per heavy atom. The lowest BCUT2D eigenvalue weighted by Gasteiger charge is -2.10. The maximum atomic E-state index is 5.46. The Morgan fingerprint density at radius 1 is 1.23 bits per heavy atom. The Hall–Kier alpha value is -0.820. The van der Waals surface area contributed by atoms with E-state index in [1.54, 1.807) is 0 Å². The van der Waals surface area contributed by atoms with Crippen molar-refractivity contribution < 1.29 is 4.74 Å². The summed E-state index contributed by atoms with van der Waals surface area (Å²) in [4.78, 5) is 0. The molecule has 0 aliphatic carbocycles. The standard InChI is InChI=1S/C12H18O/c1-3-13-11(2)9-10-12-7-5-4-6-8-12/h4-8,11H,3,9-10H2,1-2H3. The maximum Gasteiger partial charge on any atom is 0.0550 e. The lowest BCUT2D eigenvalue weighted by Crippen LogP contribution is -2.08. The first-order valence-electron chi connectivity index (χ1n) is 4.98. The molecule has 0 saturated heterocycles. The summed E-state index contributed by atoms with van der Waals surface area (Å²) in [5.74, 6) is 0. The van der Waals surface area contributed by atoms with Gasteiger partial charge >= 0.3 is 0 Å². The van der Waals surface area contributed by atoms with Crippen LogP contribution in [0, 0.1) is 0 Å². The van der Waals surface area contributed by atoms with Gasteiger partial charge in [0.1, 0.15) is 0 Å². The summed E-state index contributed by atoms with van der Waals surface area (Å²) in [7, 11) is 0. The zero-order valence-electron chi connectivity index (χ0n) is 8.49. The van der Waals surface area contributed by atoms with Gasteiger partial charge in [-0.2, -0.15) is 0 Å². The van der Waals surface area contributed by atoms with Crippen LogP contribution in [0.5, 0.6) is 0 Å². The summed E-state index contributed by atoms with van der Waals surface area (Å²) < 4.78 is 5.46. The zero-order valence-corrected chi connectivity index (χ0v) is 8.49. The number of ether oxygens (including phenoxy) is 1. The van der Waals surface area contributed by atoms with E-state index in [9.17, 15) is 0 Å². The maximum absolute atomic E-state index is 5.46. The van der Waals surface area contributed by atoms with Crippen LogP contribution in [0.3, 0.4) is 0 Å². The molecule has 0 aliphatic heterocycles. The fraction of sp³-hybridized carbons (Fsp3) is 0.500. The molecule has 1 rings (SSSR count). The summed E-state index contributed by atoms with van der Waals surface area (Å²) in [5, 5.41) is 0. The first kappa shape index (κ1) is 10.3. The van der Waals surface area contributed by atoms with Gasteiger partial charge in [-0.25, -0.2) is 0 Å². The molecule has 0 fully saturated rings. The quantitative estimate of drug-likeness (QED) is 0.673. The highest BCUT2D eigenvalue weighted by atomic mass is 16.5. The minimum absolute atomic E-state index is 0.380. The van der Waals surface area contributed by atoms with E-state index in [-0.39, 0.29) is 0 Å². The fourth-order valence-corrected chi connectivity index (χ4v) is 1.38. The number of rotatable bonds is 5. The van der Waals surface area contributed by atoms with Crippen molar-refractivity contribution in [2.75, 3.05) is 6.61 Å². The van der Waals surface area contributed by atoms with Crippen LogP contribution in [0.15, 0.2) is 30.3 Å². The van der Waals surface area contributed by atoms with Crippen molar-refractivity contribution in [3.8, 4) is 0 Å². The molecule has 1 heteroatoms. The molecule has 72 valence electrons. The highest BCUT2D eigenvalue weighted by molar-refractivity contribution is 5.14. The molecule has 0 bridgehead atoms. The van der Waals surface area contributed by atoms with Crippen LogP contribution in [0.4, 0.5) is 0 Å². The van der Waals surface area contributed by atoms with E-state index in [0.717, 1.165) is 19.4 Å². The summed E-state index contributed by atoms with van der Waals surface area (Å²) in [6, 6.07) is 10.5. The molecule has 13 heavy (non-hydrogen) atoms. The molecule has 0 saturated carbocycles. The molecule has 0 aromatic heterocycles. The SMILES string of the molecule is CCOC(C)CCc1ccccc1. The van der Waals surface area contributed by atoms with E-state index in [1.165, 1.54) is 5.56 Å². The second kappa shape index (κ2) is 5.76. The highest BCUT2D eigenvalue weighted by Gasteiger charge is 2.00. The van der Waals surface area contributed by atoms with Crippen molar-refractivity contribution in [3.05, 3.63) is 35.9 Å². The third kappa shape index (κ3) is 4.09. The number of aryl methyl sites for hydroxylation is 1. The normalized spacial score (nSPS) is 12.8. The number of hydrogen-bond donors (Lipinski definition) is 0. The second-order valence-corrected chi connectivity index (χ2v) is 3.29. The molecule has 1 aromatic rings. The second-order valence-electron chi connectivity index (χ2n) is 3.29. The predicted molar refractivity (Wildman–Crippen MR) is 55.9 cm³/mol. The molecular formula is C12H18O. The Labute approximate surface area is 80.7 Å². The average molecular weight is 178 g/mol. The van der Waals surface area contributed by atoms with Gasteiger partial charge in [-0.15, -0.1) is 0 Å². The van der Waals surface area contributed by atoms with Crippen LogP contribution in [0.1, 0.15) is 25.8 Å². The summed E-state index contributed by atoms with van der Waals surface area (Å²) in [6.45, 7) is 4.99. The lowest BCUT2D eigenvalue weighted by atomic mass is 10.1. The van der Waals surface area contributed by atoms with Crippen LogP contribution in [-0.4, -0.2) is 12.7 Å². The smallest absolute Gasteiger partial charge is 0.0550 e. The Morgan fingerprint density at radius 2 is 1.92 bits per heavy atom. The molecule has 1 unspecified atom stereocenters. The van der Waals surface area contributed by atoms with E-state index >= 15 is 0 Å². The largest absolute Gasteiger partial charge is 0.379 e. The van der Waals surface area contributed by atoms with Crippen molar-refractivity contribution in [2.24, 2.45) is 0 Å². The molecule has 0 radical (unpaired) electrons. The topological polar surface area (TPSA) is 9.23 Å². The number of benzene rings is 1. The zero-order chi connectivity index (χ0) is 9.52. The molecule has 1 atom stereocenters. The van der Waals surface area contributed by atoms with Crippen LogP contribution in [-0.2, 0) is 11.2 Å². The molecule has 0 heterocycles. The van der Waals surface area contributed by atoms with Gasteiger partial charge in [0.2, 0.25) is 0 Å².